The van der Waals surface area contributed by atoms with Gasteiger partial charge in [0, 0.05) is 10.0 Å². The summed E-state index contributed by atoms with van der Waals surface area (Å²) in [5.41, 5.74) is 5.35. The van der Waals surface area contributed by atoms with Gasteiger partial charge >= 0.3 is 0 Å². The molecular formula is C23H21BrN2O3. The lowest BCUT2D eigenvalue weighted by atomic mass is 10.2. The number of carbonyl (C=O) groups is 1. The predicted molar refractivity (Wildman–Crippen MR) is 117 cm³/mol. The number of hydrogen-bond donors (Lipinski definition) is 1. The van der Waals surface area contributed by atoms with Crippen molar-refractivity contribution in [1.82, 2.24) is 5.43 Å². The minimum Gasteiger partial charge on any atom is -0.488 e. The van der Waals surface area contributed by atoms with E-state index < -0.39 is 0 Å². The number of ether oxygens (including phenoxy) is 2. The summed E-state index contributed by atoms with van der Waals surface area (Å²) in [6, 6.07) is 23.0. The summed E-state index contributed by atoms with van der Waals surface area (Å²) in [4.78, 5) is 12.0. The third-order valence-electron chi connectivity index (χ3n) is 4.05. The van der Waals surface area contributed by atoms with Gasteiger partial charge in [0.05, 0.1) is 6.21 Å². The molecule has 0 saturated carbocycles. The molecule has 0 unspecified atom stereocenters. The Morgan fingerprint density at radius 3 is 2.59 bits per heavy atom. The molecule has 0 bridgehead atoms. The number of amides is 1. The number of benzene rings is 3. The molecule has 0 atom stereocenters. The van der Waals surface area contributed by atoms with Crippen LogP contribution in [0.3, 0.4) is 0 Å². The quantitative estimate of drug-likeness (QED) is 0.391. The predicted octanol–water partition coefficient (Wildman–Crippen LogP) is 4.87. The van der Waals surface area contributed by atoms with Gasteiger partial charge in [0.15, 0.2) is 6.61 Å². The first-order valence-corrected chi connectivity index (χ1v) is 9.88. The van der Waals surface area contributed by atoms with Gasteiger partial charge in [0.25, 0.3) is 5.91 Å². The molecule has 0 aromatic heterocycles. The normalized spacial score (nSPS) is 10.7. The molecule has 1 amide bonds. The molecule has 0 heterocycles. The summed E-state index contributed by atoms with van der Waals surface area (Å²) in [7, 11) is 0. The molecule has 0 saturated heterocycles. The molecule has 0 aliphatic rings. The lowest BCUT2D eigenvalue weighted by molar-refractivity contribution is -0.123. The summed E-state index contributed by atoms with van der Waals surface area (Å²) in [6.45, 7) is 2.29. The van der Waals surface area contributed by atoms with Crippen LogP contribution in [-0.2, 0) is 11.4 Å². The number of hydrogen-bond acceptors (Lipinski definition) is 4. The van der Waals surface area contributed by atoms with Gasteiger partial charge in [-0.1, -0.05) is 58.4 Å². The molecule has 0 fully saturated rings. The van der Waals surface area contributed by atoms with Gasteiger partial charge in [-0.05, 0) is 48.4 Å². The van der Waals surface area contributed by atoms with Gasteiger partial charge in [-0.15, -0.1) is 0 Å². The molecule has 148 valence electrons. The van der Waals surface area contributed by atoms with E-state index in [1.807, 2.05) is 73.7 Å². The van der Waals surface area contributed by atoms with Gasteiger partial charge < -0.3 is 9.47 Å². The van der Waals surface area contributed by atoms with E-state index >= 15 is 0 Å². The van der Waals surface area contributed by atoms with E-state index in [0.717, 1.165) is 21.2 Å². The van der Waals surface area contributed by atoms with E-state index in [9.17, 15) is 4.79 Å². The average Bonchev–Trinajstić information content (AvgIpc) is 2.74. The molecule has 3 aromatic carbocycles. The smallest absolute Gasteiger partial charge is 0.277 e. The monoisotopic (exact) mass is 452 g/mol. The molecule has 0 radical (unpaired) electrons. The highest BCUT2D eigenvalue weighted by Gasteiger charge is 2.04. The van der Waals surface area contributed by atoms with Crippen molar-refractivity contribution in [2.24, 2.45) is 5.10 Å². The van der Waals surface area contributed by atoms with E-state index in [0.29, 0.717) is 18.1 Å². The summed E-state index contributed by atoms with van der Waals surface area (Å²) in [6.07, 6.45) is 1.56. The topological polar surface area (TPSA) is 59.9 Å². The van der Waals surface area contributed by atoms with Crippen LogP contribution in [0.1, 0.15) is 16.7 Å². The second-order valence-corrected chi connectivity index (χ2v) is 7.16. The third-order valence-corrected chi connectivity index (χ3v) is 4.94. The zero-order valence-corrected chi connectivity index (χ0v) is 17.6. The number of nitrogens with zero attached hydrogens (tertiary/aromatic N) is 1. The van der Waals surface area contributed by atoms with E-state index in [2.05, 4.69) is 26.5 Å². The summed E-state index contributed by atoms with van der Waals surface area (Å²) in [5, 5.41) is 4.01. The summed E-state index contributed by atoms with van der Waals surface area (Å²) in [5.74, 6) is 0.977. The Balaban J connectivity index is 1.51. The highest BCUT2D eigenvalue weighted by Crippen LogP contribution is 2.21. The van der Waals surface area contributed by atoms with Crippen LogP contribution in [0.2, 0.25) is 0 Å². The maximum absolute atomic E-state index is 12.0. The fraction of sp³-hybridized carbons (Fsp3) is 0.130. The van der Waals surface area contributed by atoms with Gasteiger partial charge in [-0.2, -0.15) is 5.10 Å². The highest BCUT2D eigenvalue weighted by atomic mass is 79.9. The van der Waals surface area contributed by atoms with Crippen molar-refractivity contribution in [3.63, 3.8) is 0 Å². The van der Waals surface area contributed by atoms with Crippen molar-refractivity contribution in [3.8, 4) is 11.5 Å². The zero-order chi connectivity index (χ0) is 20.5. The van der Waals surface area contributed by atoms with Crippen molar-refractivity contribution in [2.45, 2.75) is 13.5 Å². The second-order valence-electron chi connectivity index (χ2n) is 6.30. The van der Waals surface area contributed by atoms with Crippen molar-refractivity contribution >= 4 is 28.1 Å². The standard InChI is InChI=1S/C23H21BrN2O3/c1-17-13-20(11-12-21(17)24)28-16-23(27)26-25-14-19-9-5-6-10-22(19)29-15-18-7-3-2-4-8-18/h2-14H,15-16H2,1H3,(H,26,27)/b25-14+. The molecule has 3 rings (SSSR count). The summed E-state index contributed by atoms with van der Waals surface area (Å²) >= 11 is 3.43. The maximum atomic E-state index is 12.0. The number of para-hydroxylation sites is 1. The van der Waals surface area contributed by atoms with Crippen molar-refractivity contribution in [3.05, 3.63) is 94.0 Å². The first kappa shape index (κ1) is 20.6. The summed E-state index contributed by atoms with van der Waals surface area (Å²) < 4.78 is 12.4. The van der Waals surface area contributed by atoms with Crippen molar-refractivity contribution in [1.29, 1.82) is 0 Å². The first-order chi connectivity index (χ1) is 14.1. The Kier molecular flexibility index (Phi) is 7.41. The molecule has 0 spiro atoms. The van der Waals surface area contributed by atoms with E-state index in [4.69, 9.17) is 9.47 Å². The van der Waals surface area contributed by atoms with Crippen LogP contribution in [0, 0.1) is 6.92 Å². The molecule has 6 heteroatoms. The van der Waals surface area contributed by atoms with Crippen LogP contribution >= 0.6 is 15.9 Å². The van der Waals surface area contributed by atoms with Crippen LogP contribution in [0.15, 0.2) is 82.4 Å². The molecule has 5 nitrogen and oxygen atoms in total. The largest absolute Gasteiger partial charge is 0.488 e. The molecular weight excluding hydrogens is 432 g/mol. The number of rotatable bonds is 8. The molecule has 0 aliphatic carbocycles. The highest BCUT2D eigenvalue weighted by molar-refractivity contribution is 9.10. The van der Waals surface area contributed by atoms with Crippen LogP contribution in [0.4, 0.5) is 0 Å². The number of hydrazone groups is 1. The number of carbonyl (C=O) groups excluding carboxylic acids is 1. The first-order valence-electron chi connectivity index (χ1n) is 9.08. The van der Waals surface area contributed by atoms with Crippen LogP contribution in [-0.4, -0.2) is 18.7 Å². The van der Waals surface area contributed by atoms with E-state index in [1.165, 1.54) is 0 Å². The van der Waals surface area contributed by atoms with Crippen LogP contribution in [0.5, 0.6) is 11.5 Å². The number of nitrogens with one attached hydrogen (secondary N) is 1. The fourth-order valence-electron chi connectivity index (χ4n) is 2.52. The van der Waals surface area contributed by atoms with Gasteiger partial charge in [-0.3, -0.25) is 4.79 Å². The SMILES string of the molecule is Cc1cc(OCC(=O)N/N=C/c2ccccc2OCc2ccccc2)ccc1Br. The number of halogens is 1. The third kappa shape index (κ3) is 6.47. The van der Waals surface area contributed by atoms with Crippen LogP contribution < -0.4 is 14.9 Å². The molecule has 0 aliphatic heterocycles. The lowest BCUT2D eigenvalue weighted by Gasteiger charge is -2.09. The Labute approximate surface area is 178 Å². The van der Waals surface area contributed by atoms with E-state index in [-0.39, 0.29) is 12.5 Å². The Morgan fingerprint density at radius 1 is 1.03 bits per heavy atom. The maximum Gasteiger partial charge on any atom is 0.277 e. The lowest BCUT2D eigenvalue weighted by Crippen LogP contribution is -2.24. The van der Waals surface area contributed by atoms with Gasteiger partial charge in [-0.25, -0.2) is 5.43 Å². The second kappa shape index (κ2) is 10.4. The molecule has 3 aromatic rings. The van der Waals surface area contributed by atoms with E-state index in [1.54, 1.807) is 12.3 Å². The Bertz CT molecular complexity index is 990. The van der Waals surface area contributed by atoms with Gasteiger partial charge in [0.2, 0.25) is 0 Å². The molecule has 29 heavy (non-hydrogen) atoms. The Hall–Kier alpha value is -3.12. The van der Waals surface area contributed by atoms with Crippen molar-refractivity contribution in [2.75, 3.05) is 6.61 Å². The fourth-order valence-corrected chi connectivity index (χ4v) is 2.76. The number of aryl methyl sites for hydroxylation is 1. The van der Waals surface area contributed by atoms with Crippen LogP contribution in [0.25, 0.3) is 0 Å². The Morgan fingerprint density at radius 2 is 1.79 bits per heavy atom. The molecule has 1 N–H and O–H groups in total. The zero-order valence-electron chi connectivity index (χ0n) is 16.0. The van der Waals surface area contributed by atoms with Crippen molar-refractivity contribution < 1.29 is 14.3 Å². The minimum atomic E-state index is -0.343. The average molecular weight is 453 g/mol. The van der Waals surface area contributed by atoms with Gasteiger partial charge in [0.1, 0.15) is 18.1 Å². The minimum absolute atomic E-state index is 0.120.